The Morgan fingerprint density at radius 2 is 1.69 bits per heavy atom. The summed E-state index contributed by atoms with van der Waals surface area (Å²) in [6.07, 6.45) is 0.844. The van der Waals surface area contributed by atoms with Crippen molar-refractivity contribution in [3.63, 3.8) is 0 Å². The minimum atomic E-state index is -4.19. The number of benzene rings is 1. The average Bonchev–Trinajstić information content (AvgIpc) is 2.03. The molecule has 0 N–H and O–H groups in total. The van der Waals surface area contributed by atoms with Crippen LogP contribution in [0.25, 0.3) is 0 Å². The van der Waals surface area contributed by atoms with Crippen molar-refractivity contribution in [2.75, 3.05) is 0 Å². The van der Waals surface area contributed by atoms with Gasteiger partial charge in [-0.1, -0.05) is 19.1 Å². The van der Waals surface area contributed by atoms with Gasteiger partial charge >= 0.3 is 5.51 Å². The summed E-state index contributed by atoms with van der Waals surface area (Å²) >= 11 is -0.0801. The smallest absolute Gasteiger partial charge is 0.160 e. The van der Waals surface area contributed by atoms with Crippen LogP contribution in [-0.4, -0.2) is 5.51 Å². The number of aryl methyl sites for hydroxylation is 1. The van der Waals surface area contributed by atoms with Gasteiger partial charge in [0.05, 0.1) is 0 Å². The molecule has 0 fully saturated rings. The molecule has 72 valence electrons. The van der Waals surface area contributed by atoms with Crippen LogP contribution in [0.15, 0.2) is 29.2 Å². The predicted molar refractivity (Wildman–Crippen MR) is 47.7 cm³/mol. The summed E-state index contributed by atoms with van der Waals surface area (Å²) < 4.78 is 35.7. The van der Waals surface area contributed by atoms with Gasteiger partial charge in [-0.15, -0.1) is 0 Å². The van der Waals surface area contributed by atoms with Crippen LogP contribution in [0.5, 0.6) is 0 Å². The van der Waals surface area contributed by atoms with Crippen LogP contribution in [0.2, 0.25) is 0 Å². The molecule has 0 saturated carbocycles. The second-order valence-electron chi connectivity index (χ2n) is 2.55. The number of halogens is 3. The van der Waals surface area contributed by atoms with E-state index in [-0.39, 0.29) is 16.7 Å². The second-order valence-corrected chi connectivity index (χ2v) is 3.68. The zero-order valence-electron chi connectivity index (χ0n) is 7.06. The molecule has 0 aliphatic heterocycles. The minimum Gasteiger partial charge on any atom is -0.160 e. The third kappa shape index (κ3) is 3.72. The Balaban J connectivity index is 2.70. The van der Waals surface area contributed by atoms with Crippen LogP contribution in [-0.2, 0) is 6.42 Å². The van der Waals surface area contributed by atoms with Gasteiger partial charge in [0.1, 0.15) is 0 Å². The van der Waals surface area contributed by atoms with Gasteiger partial charge in [-0.3, -0.25) is 0 Å². The molecule has 13 heavy (non-hydrogen) atoms. The fourth-order valence-electron chi connectivity index (χ4n) is 0.927. The topological polar surface area (TPSA) is 0 Å². The van der Waals surface area contributed by atoms with E-state index in [1.54, 1.807) is 12.1 Å². The normalized spacial score (nSPS) is 11.7. The van der Waals surface area contributed by atoms with E-state index in [1.807, 2.05) is 6.92 Å². The van der Waals surface area contributed by atoms with Crippen molar-refractivity contribution in [3.8, 4) is 0 Å². The first-order chi connectivity index (χ1) is 6.01. The van der Waals surface area contributed by atoms with E-state index < -0.39 is 5.51 Å². The van der Waals surface area contributed by atoms with Crippen molar-refractivity contribution in [2.24, 2.45) is 0 Å². The van der Waals surface area contributed by atoms with E-state index in [1.165, 1.54) is 12.1 Å². The minimum absolute atomic E-state index is 0.0801. The van der Waals surface area contributed by atoms with Gasteiger partial charge in [0.2, 0.25) is 0 Å². The van der Waals surface area contributed by atoms with E-state index in [9.17, 15) is 13.2 Å². The van der Waals surface area contributed by atoms with E-state index in [0.29, 0.717) is 0 Å². The molecule has 0 heterocycles. The number of thioether (sulfide) groups is 1. The van der Waals surface area contributed by atoms with Gasteiger partial charge in [-0.05, 0) is 35.9 Å². The Kier molecular flexibility index (Phi) is 3.25. The lowest BCUT2D eigenvalue weighted by molar-refractivity contribution is -0.0328. The maximum Gasteiger partial charge on any atom is 0.446 e. The molecule has 0 aliphatic rings. The summed E-state index contributed by atoms with van der Waals surface area (Å²) in [5.74, 6) is 0. The third-order valence-electron chi connectivity index (χ3n) is 1.57. The highest BCUT2D eigenvalue weighted by Crippen LogP contribution is 2.36. The standard InChI is InChI=1S/C9H9F3S/c1-2-7-3-5-8(6-4-7)13-9(10,11)12/h3-6H,2H2,1H3. The Hall–Kier alpha value is -0.640. The van der Waals surface area contributed by atoms with Crippen molar-refractivity contribution in [1.29, 1.82) is 0 Å². The number of hydrogen-bond acceptors (Lipinski definition) is 1. The van der Waals surface area contributed by atoms with Gasteiger partial charge < -0.3 is 0 Å². The highest BCUT2D eigenvalue weighted by Gasteiger charge is 2.28. The fourth-order valence-corrected chi connectivity index (χ4v) is 1.47. The Morgan fingerprint density at radius 1 is 1.15 bits per heavy atom. The van der Waals surface area contributed by atoms with Crippen molar-refractivity contribution in [2.45, 2.75) is 23.7 Å². The Bertz CT molecular complexity index is 263. The SMILES string of the molecule is CCc1ccc(SC(F)(F)F)cc1. The molecule has 1 aromatic carbocycles. The summed E-state index contributed by atoms with van der Waals surface area (Å²) in [4.78, 5) is 0.240. The van der Waals surface area contributed by atoms with Gasteiger partial charge in [0, 0.05) is 4.90 Å². The fraction of sp³-hybridized carbons (Fsp3) is 0.333. The molecular formula is C9H9F3S. The Morgan fingerprint density at radius 3 is 2.08 bits per heavy atom. The zero-order chi connectivity index (χ0) is 9.90. The maximum absolute atomic E-state index is 11.9. The second kappa shape index (κ2) is 4.05. The van der Waals surface area contributed by atoms with Crippen molar-refractivity contribution in [1.82, 2.24) is 0 Å². The lowest BCUT2D eigenvalue weighted by Gasteiger charge is -2.05. The number of rotatable bonds is 2. The first-order valence-corrected chi connectivity index (χ1v) is 4.67. The van der Waals surface area contributed by atoms with Crippen molar-refractivity contribution >= 4 is 11.8 Å². The molecular weight excluding hydrogens is 197 g/mol. The lowest BCUT2D eigenvalue weighted by atomic mass is 10.2. The van der Waals surface area contributed by atoms with E-state index >= 15 is 0 Å². The highest BCUT2D eigenvalue weighted by atomic mass is 32.2. The quantitative estimate of drug-likeness (QED) is 0.662. The maximum atomic E-state index is 11.9. The van der Waals surface area contributed by atoms with Crippen LogP contribution >= 0.6 is 11.8 Å². The molecule has 0 radical (unpaired) electrons. The predicted octanol–water partition coefficient (Wildman–Crippen LogP) is 3.86. The molecule has 0 aliphatic carbocycles. The summed E-state index contributed by atoms with van der Waals surface area (Å²) in [5, 5.41) is 0. The first kappa shape index (κ1) is 10.4. The van der Waals surface area contributed by atoms with Crippen LogP contribution < -0.4 is 0 Å². The number of hydrogen-bond donors (Lipinski definition) is 0. The Labute approximate surface area is 79.1 Å². The van der Waals surface area contributed by atoms with Crippen molar-refractivity contribution < 1.29 is 13.2 Å². The summed E-state index contributed by atoms with van der Waals surface area (Å²) in [6, 6.07) is 6.43. The molecule has 0 unspecified atom stereocenters. The summed E-state index contributed by atoms with van der Waals surface area (Å²) in [5.41, 5.74) is -3.14. The molecule has 0 nitrogen and oxygen atoms in total. The molecule has 1 aromatic rings. The molecule has 0 bridgehead atoms. The van der Waals surface area contributed by atoms with Crippen LogP contribution in [0, 0.1) is 0 Å². The van der Waals surface area contributed by atoms with Crippen LogP contribution in [0.4, 0.5) is 13.2 Å². The molecule has 0 aromatic heterocycles. The zero-order valence-corrected chi connectivity index (χ0v) is 7.88. The van der Waals surface area contributed by atoms with Gasteiger partial charge in [0.15, 0.2) is 0 Å². The third-order valence-corrected chi connectivity index (χ3v) is 2.30. The highest BCUT2D eigenvalue weighted by molar-refractivity contribution is 8.00. The molecule has 0 atom stereocenters. The summed E-state index contributed by atoms with van der Waals surface area (Å²) in [7, 11) is 0. The van der Waals surface area contributed by atoms with Gasteiger partial charge in [-0.2, -0.15) is 13.2 Å². The van der Waals surface area contributed by atoms with Crippen LogP contribution in [0.3, 0.4) is 0 Å². The van der Waals surface area contributed by atoms with Crippen LogP contribution in [0.1, 0.15) is 12.5 Å². The molecule has 0 spiro atoms. The molecule has 0 amide bonds. The monoisotopic (exact) mass is 206 g/mol. The van der Waals surface area contributed by atoms with Gasteiger partial charge in [0.25, 0.3) is 0 Å². The summed E-state index contributed by atoms with van der Waals surface area (Å²) in [6.45, 7) is 1.96. The number of alkyl halides is 3. The first-order valence-electron chi connectivity index (χ1n) is 3.86. The van der Waals surface area contributed by atoms with E-state index in [0.717, 1.165) is 12.0 Å². The lowest BCUT2D eigenvalue weighted by Crippen LogP contribution is -1.98. The van der Waals surface area contributed by atoms with E-state index in [4.69, 9.17) is 0 Å². The molecule has 0 saturated heterocycles. The van der Waals surface area contributed by atoms with Gasteiger partial charge in [-0.25, -0.2) is 0 Å². The van der Waals surface area contributed by atoms with E-state index in [2.05, 4.69) is 0 Å². The average molecular weight is 206 g/mol. The molecule has 4 heteroatoms. The molecule has 1 rings (SSSR count). The van der Waals surface area contributed by atoms with Crippen molar-refractivity contribution in [3.05, 3.63) is 29.8 Å². The largest absolute Gasteiger partial charge is 0.446 e.